The normalized spacial score (nSPS) is 11.7. The Morgan fingerprint density at radius 2 is 0.542 bits per heavy atom. The van der Waals surface area contributed by atoms with Crippen molar-refractivity contribution in [3.8, 4) is 125 Å². The molecule has 0 aliphatic carbocycles. The fourth-order valence-electron chi connectivity index (χ4n) is 12.8. The SMILES string of the molecule is FC(F)(F)c1ccc(-n2c3ccccc3c3cc(-c4nc(-c5ccccc5)nc(-c5ccccc5)n4)ccc32)c(-c2cc(-n3c4ccccc4c4cc(-c5nc(-c6ccccc6)nc(-c6ccccc6)n5)ccc43)ccc2-c2nc(-c3ccccc3)nc(-c3ccccc3)n2)c1. The summed E-state index contributed by atoms with van der Waals surface area (Å²) in [5.74, 6) is 4.10. The van der Waals surface area contributed by atoms with Crippen molar-refractivity contribution in [3.05, 3.63) is 309 Å². The van der Waals surface area contributed by atoms with Crippen molar-refractivity contribution in [2.75, 3.05) is 0 Å². The van der Waals surface area contributed by atoms with Gasteiger partial charge in [-0.05, 0) is 90.5 Å². The van der Waals surface area contributed by atoms with E-state index in [9.17, 15) is 0 Å². The van der Waals surface area contributed by atoms with Crippen LogP contribution in [-0.2, 0) is 6.18 Å². The summed E-state index contributed by atoms with van der Waals surface area (Å²) < 4.78 is 51.6. The Kier molecular flexibility index (Phi) is 14.0. The Balaban J connectivity index is 0.903. The van der Waals surface area contributed by atoms with Crippen LogP contribution >= 0.6 is 0 Å². The van der Waals surface area contributed by atoms with Gasteiger partial charge in [0.05, 0.1) is 33.3 Å². The van der Waals surface area contributed by atoms with Crippen LogP contribution in [0.4, 0.5) is 13.2 Å². The minimum Gasteiger partial charge on any atom is -0.309 e. The molecule has 0 saturated carbocycles. The summed E-state index contributed by atoms with van der Waals surface area (Å²) >= 11 is 0. The van der Waals surface area contributed by atoms with Crippen LogP contribution in [0.2, 0.25) is 0 Å². The molecule has 0 N–H and O–H groups in total. The minimum absolute atomic E-state index is 0.260. The fraction of sp³-hybridized carbons (Fsp3) is 0.0122. The predicted molar refractivity (Wildman–Crippen MR) is 375 cm³/mol. The van der Waals surface area contributed by atoms with Gasteiger partial charge in [-0.1, -0.05) is 218 Å². The van der Waals surface area contributed by atoms with Crippen molar-refractivity contribution in [1.82, 2.24) is 54.0 Å². The van der Waals surface area contributed by atoms with E-state index in [-0.39, 0.29) is 11.4 Å². The Hall–Kier alpha value is -12.9. The maximum absolute atomic E-state index is 15.8. The molecule has 0 aliphatic heterocycles. The first-order valence-corrected chi connectivity index (χ1v) is 31.3. The summed E-state index contributed by atoms with van der Waals surface area (Å²) in [6, 6.07) is 96.7. The third kappa shape index (κ3) is 10.4. The molecular formula is C82H50F3N11. The molecule has 17 rings (SSSR count). The molecule has 454 valence electrons. The number of hydrogen-bond acceptors (Lipinski definition) is 9. The van der Waals surface area contributed by atoms with Crippen molar-refractivity contribution < 1.29 is 13.2 Å². The lowest BCUT2D eigenvalue weighted by Gasteiger charge is -2.20. The van der Waals surface area contributed by atoms with E-state index in [2.05, 4.69) is 34.9 Å². The number of para-hydroxylation sites is 2. The second-order valence-electron chi connectivity index (χ2n) is 23.2. The van der Waals surface area contributed by atoms with E-state index >= 15 is 13.2 Å². The molecule has 11 nitrogen and oxygen atoms in total. The standard InChI is InChI=1S/C82H50F3N11/c83-82(84,85)59-41-46-72(96-69-38-22-20-36-62(69)66-48-58(40-45-71(66)96)80-91-75(53-27-11-3-12-28-53)87-76(92-80)54-29-13-4-14-30-54)67(49-59)64-50-60(42-43-63(64)81-93-77(55-31-15-5-16-32-55)88-78(94-81)56-33-17-6-18-34-56)95-68-37-21-19-35-61(68)65-47-57(39-44-70(65)95)79-89-73(51-23-7-1-8-24-51)86-74(90-79)52-25-9-2-10-26-52/h1-50H. The van der Waals surface area contributed by atoms with E-state index in [4.69, 9.17) is 44.9 Å². The zero-order chi connectivity index (χ0) is 64.3. The molecule has 12 aromatic carbocycles. The number of fused-ring (bicyclic) bond motifs is 6. The summed E-state index contributed by atoms with van der Waals surface area (Å²) in [7, 11) is 0. The second-order valence-corrected chi connectivity index (χ2v) is 23.2. The van der Waals surface area contributed by atoms with Crippen LogP contribution in [0.25, 0.3) is 169 Å². The molecule has 5 aromatic heterocycles. The Morgan fingerprint density at radius 1 is 0.219 bits per heavy atom. The highest BCUT2D eigenvalue weighted by molar-refractivity contribution is 6.12. The lowest BCUT2D eigenvalue weighted by atomic mass is 9.94. The Bertz CT molecular complexity index is 5640. The van der Waals surface area contributed by atoms with Crippen molar-refractivity contribution in [2.45, 2.75) is 6.18 Å². The maximum Gasteiger partial charge on any atom is 0.416 e. The molecule has 14 heteroatoms. The van der Waals surface area contributed by atoms with E-state index in [0.29, 0.717) is 69.1 Å². The Labute approximate surface area is 548 Å². The number of rotatable bonds is 12. The number of alkyl halides is 3. The van der Waals surface area contributed by atoms with Crippen molar-refractivity contribution in [2.24, 2.45) is 0 Å². The van der Waals surface area contributed by atoms with Gasteiger partial charge >= 0.3 is 6.18 Å². The first kappa shape index (κ1) is 57.0. The van der Waals surface area contributed by atoms with Gasteiger partial charge in [-0.15, -0.1) is 0 Å². The largest absolute Gasteiger partial charge is 0.416 e. The van der Waals surface area contributed by atoms with Gasteiger partial charge in [0.15, 0.2) is 52.4 Å². The lowest BCUT2D eigenvalue weighted by molar-refractivity contribution is -0.137. The van der Waals surface area contributed by atoms with Crippen LogP contribution in [0.15, 0.2) is 303 Å². The van der Waals surface area contributed by atoms with Crippen LogP contribution < -0.4 is 0 Å². The molecule has 5 heterocycles. The Morgan fingerprint density at radius 3 is 0.927 bits per heavy atom. The second kappa shape index (κ2) is 23.6. The average Bonchev–Trinajstić information content (AvgIpc) is 1.55. The number of benzene rings is 12. The summed E-state index contributed by atoms with van der Waals surface area (Å²) in [4.78, 5) is 45.7. The monoisotopic (exact) mass is 1250 g/mol. The molecule has 0 aliphatic rings. The van der Waals surface area contributed by atoms with Crippen molar-refractivity contribution in [1.29, 1.82) is 0 Å². The van der Waals surface area contributed by atoms with Gasteiger partial charge in [-0.2, -0.15) is 13.2 Å². The smallest absolute Gasteiger partial charge is 0.309 e. The van der Waals surface area contributed by atoms with Gasteiger partial charge in [0.2, 0.25) is 0 Å². The van der Waals surface area contributed by atoms with Crippen molar-refractivity contribution >= 4 is 43.6 Å². The molecule has 0 bridgehead atoms. The number of hydrogen-bond donors (Lipinski definition) is 0. The van der Waals surface area contributed by atoms with E-state index in [1.165, 1.54) is 6.07 Å². The molecular weight excluding hydrogens is 1200 g/mol. The summed E-state index contributed by atoms with van der Waals surface area (Å²) in [5.41, 5.74) is 11.0. The summed E-state index contributed by atoms with van der Waals surface area (Å²) in [6.45, 7) is 0. The van der Waals surface area contributed by atoms with Crippen LogP contribution in [0.5, 0.6) is 0 Å². The van der Waals surface area contributed by atoms with Gasteiger partial charge in [-0.25, -0.2) is 44.9 Å². The van der Waals surface area contributed by atoms with Gasteiger partial charge in [-0.3, -0.25) is 0 Å². The first-order chi connectivity index (χ1) is 47.2. The van der Waals surface area contributed by atoms with Gasteiger partial charge < -0.3 is 9.13 Å². The highest BCUT2D eigenvalue weighted by Crippen LogP contribution is 2.45. The molecule has 96 heavy (non-hydrogen) atoms. The molecule has 0 atom stereocenters. The molecule has 0 fully saturated rings. The van der Waals surface area contributed by atoms with Crippen LogP contribution in [-0.4, -0.2) is 54.0 Å². The first-order valence-electron chi connectivity index (χ1n) is 31.3. The van der Waals surface area contributed by atoms with E-state index in [0.717, 1.165) is 94.2 Å². The average molecular weight is 1250 g/mol. The van der Waals surface area contributed by atoms with Crippen molar-refractivity contribution in [3.63, 3.8) is 0 Å². The molecule has 0 saturated heterocycles. The predicted octanol–water partition coefficient (Wildman–Crippen LogP) is 20.1. The minimum atomic E-state index is -4.75. The molecule has 0 spiro atoms. The lowest BCUT2D eigenvalue weighted by Crippen LogP contribution is -2.08. The molecule has 0 amide bonds. The highest BCUT2D eigenvalue weighted by Gasteiger charge is 2.33. The van der Waals surface area contributed by atoms with Gasteiger partial charge in [0.25, 0.3) is 0 Å². The number of nitrogens with zero attached hydrogens (tertiary/aromatic N) is 11. The van der Waals surface area contributed by atoms with Crippen LogP contribution in [0, 0.1) is 0 Å². The zero-order valence-electron chi connectivity index (χ0n) is 50.9. The highest BCUT2D eigenvalue weighted by atomic mass is 19.4. The van der Waals surface area contributed by atoms with Gasteiger partial charge in [0.1, 0.15) is 0 Å². The molecule has 0 radical (unpaired) electrons. The third-order valence-corrected chi connectivity index (χ3v) is 17.3. The van der Waals surface area contributed by atoms with E-state index in [1.807, 2.05) is 259 Å². The van der Waals surface area contributed by atoms with E-state index in [1.54, 1.807) is 6.07 Å². The third-order valence-electron chi connectivity index (χ3n) is 17.3. The quantitative estimate of drug-likeness (QED) is 0.118. The molecule has 17 aromatic rings. The van der Waals surface area contributed by atoms with E-state index < -0.39 is 11.7 Å². The summed E-state index contributed by atoms with van der Waals surface area (Å²) in [5, 5.41) is 3.54. The molecule has 0 unspecified atom stereocenters. The van der Waals surface area contributed by atoms with Gasteiger partial charge in [0, 0.05) is 82.9 Å². The number of halogens is 3. The zero-order valence-corrected chi connectivity index (χ0v) is 50.9. The van der Waals surface area contributed by atoms with Crippen LogP contribution in [0.1, 0.15) is 5.56 Å². The van der Waals surface area contributed by atoms with Crippen LogP contribution in [0.3, 0.4) is 0 Å². The fourth-order valence-corrected chi connectivity index (χ4v) is 12.8. The maximum atomic E-state index is 15.8. The summed E-state index contributed by atoms with van der Waals surface area (Å²) in [6.07, 6.45) is -4.75. The topological polar surface area (TPSA) is 126 Å². The number of aromatic nitrogens is 11.